The van der Waals surface area contributed by atoms with Gasteiger partial charge in [0.25, 0.3) is 11.8 Å². The third-order valence-corrected chi connectivity index (χ3v) is 6.23. The van der Waals surface area contributed by atoms with Crippen molar-refractivity contribution < 1.29 is 9.59 Å². The van der Waals surface area contributed by atoms with Gasteiger partial charge >= 0.3 is 0 Å². The highest BCUT2D eigenvalue weighted by Gasteiger charge is 2.40. The van der Waals surface area contributed by atoms with Gasteiger partial charge in [0.15, 0.2) is 0 Å². The van der Waals surface area contributed by atoms with Crippen molar-refractivity contribution in [2.24, 2.45) is 0 Å². The summed E-state index contributed by atoms with van der Waals surface area (Å²) in [5, 5.41) is 4.95. The van der Waals surface area contributed by atoms with Gasteiger partial charge in [-0.25, -0.2) is 9.67 Å². The predicted molar refractivity (Wildman–Crippen MR) is 128 cm³/mol. The maximum Gasteiger partial charge on any atom is 0.294 e. The molecule has 1 aliphatic heterocycles. The van der Waals surface area contributed by atoms with Crippen molar-refractivity contribution >= 4 is 23.4 Å². The van der Waals surface area contributed by atoms with Gasteiger partial charge in [0.1, 0.15) is 6.33 Å². The van der Waals surface area contributed by atoms with Crippen LogP contribution in [0.4, 0.5) is 0 Å². The third kappa shape index (κ3) is 4.78. The van der Waals surface area contributed by atoms with Crippen molar-refractivity contribution in [3.8, 4) is 5.69 Å². The fourth-order valence-corrected chi connectivity index (χ4v) is 4.33. The SMILES string of the molecule is CC(C)c1cccc(C(=O)N2CCN(C(=O)c3ncn(-c4cccc(Cl)c4)n3)C(C)(C)C2)c1. The van der Waals surface area contributed by atoms with Crippen molar-refractivity contribution in [1.29, 1.82) is 0 Å². The highest BCUT2D eigenvalue weighted by Crippen LogP contribution is 2.25. The Labute approximate surface area is 199 Å². The molecule has 33 heavy (non-hydrogen) atoms. The van der Waals surface area contributed by atoms with Gasteiger partial charge < -0.3 is 9.80 Å². The van der Waals surface area contributed by atoms with Crippen molar-refractivity contribution in [2.75, 3.05) is 19.6 Å². The molecule has 8 heteroatoms. The fourth-order valence-electron chi connectivity index (χ4n) is 4.14. The van der Waals surface area contributed by atoms with Crippen LogP contribution in [0.15, 0.2) is 54.9 Å². The number of hydrogen-bond acceptors (Lipinski definition) is 4. The van der Waals surface area contributed by atoms with Crippen molar-refractivity contribution in [2.45, 2.75) is 39.2 Å². The fraction of sp³-hybridized carbons (Fsp3) is 0.360. The van der Waals surface area contributed by atoms with Crippen LogP contribution in [0.3, 0.4) is 0 Å². The summed E-state index contributed by atoms with van der Waals surface area (Å²) in [6, 6.07) is 15.0. The molecule has 0 N–H and O–H groups in total. The smallest absolute Gasteiger partial charge is 0.294 e. The average molecular weight is 466 g/mol. The van der Waals surface area contributed by atoms with Gasteiger partial charge in [0.2, 0.25) is 5.82 Å². The number of carbonyl (C=O) groups excluding carboxylic acids is 2. The number of nitrogens with zero attached hydrogens (tertiary/aromatic N) is 5. The molecule has 1 saturated heterocycles. The Morgan fingerprint density at radius 1 is 1.03 bits per heavy atom. The monoisotopic (exact) mass is 465 g/mol. The van der Waals surface area contributed by atoms with Gasteiger partial charge in [-0.3, -0.25) is 9.59 Å². The molecule has 2 aromatic carbocycles. The highest BCUT2D eigenvalue weighted by atomic mass is 35.5. The lowest BCUT2D eigenvalue weighted by Crippen LogP contribution is -2.62. The zero-order chi connectivity index (χ0) is 23.8. The van der Waals surface area contributed by atoms with E-state index in [1.165, 1.54) is 11.0 Å². The topological polar surface area (TPSA) is 71.3 Å². The minimum absolute atomic E-state index is 0.0129. The Morgan fingerprint density at radius 3 is 2.48 bits per heavy atom. The van der Waals surface area contributed by atoms with E-state index in [0.717, 1.165) is 11.3 Å². The molecule has 4 rings (SSSR count). The molecule has 0 unspecified atom stereocenters. The molecule has 0 saturated carbocycles. The largest absolute Gasteiger partial charge is 0.335 e. The second kappa shape index (κ2) is 8.98. The first-order valence-corrected chi connectivity index (χ1v) is 11.4. The zero-order valence-corrected chi connectivity index (χ0v) is 20.1. The van der Waals surface area contributed by atoms with Gasteiger partial charge in [0, 0.05) is 30.2 Å². The number of carbonyl (C=O) groups is 2. The highest BCUT2D eigenvalue weighted by molar-refractivity contribution is 6.30. The first-order chi connectivity index (χ1) is 15.7. The number of amides is 2. The summed E-state index contributed by atoms with van der Waals surface area (Å²) in [7, 11) is 0. The van der Waals surface area contributed by atoms with Gasteiger partial charge in [0.05, 0.1) is 11.2 Å². The van der Waals surface area contributed by atoms with E-state index in [0.29, 0.717) is 36.1 Å². The van der Waals surface area contributed by atoms with Crippen molar-refractivity contribution in [3.05, 3.63) is 76.8 Å². The molecule has 0 bridgehead atoms. The molecule has 1 aromatic heterocycles. The standard InChI is InChI=1S/C25H28ClN5O2/c1-17(2)18-7-5-8-19(13-18)23(32)29-11-12-30(25(3,4)15-29)24(33)22-27-16-31(28-22)21-10-6-9-20(26)14-21/h5-10,13-14,16-17H,11-12,15H2,1-4H3. The minimum Gasteiger partial charge on any atom is -0.335 e. The summed E-state index contributed by atoms with van der Waals surface area (Å²) >= 11 is 6.06. The minimum atomic E-state index is -0.567. The van der Waals surface area contributed by atoms with Crippen LogP contribution in [0.25, 0.3) is 5.69 Å². The first-order valence-electron chi connectivity index (χ1n) is 11.0. The number of aromatic nitrogens is 3. The number of halogens is 1. The Balaban J connectivity index is 1.49. The second-order valence-electron chi connectivity index (χ2n) is 9.27. The number of piperazine rings is 1. The van der Waals surface area contributed by atoms with E-state index in [-0.39, 0.29) is 17.6 Å². The summed E-state index contributed by atoms with van der Waals surface area (Å²) in [6.45, 7) is 9.43. The summed E-state index contributed by atoms with van der Waals surface area (Å²) in [4.78, 5) is 34.2. The molecule has 0 atom stereocenters. The van der Waals surface area contributed by atoms with E-state index < -0.39 is 5.54 Å². The molecule has 1 aliphatic rings. The maximum atomic E-state index is 13.3. The normalized spacial score (nSPS) is 15.7. The third-order valence-electron chi connectivity index (χ3n) is 5.99. The lowest BCUT2D eigenvalue weighted by atomic mass is 9.96. The molecule has 2 amide bonds. The molecule has 0 radical (unpaired) electrons. The zero-order valence-electron chi connectivity index (χ0n) is 19.3. The van der Waals surface area contributed by atoms with Crippen LogP contribution in [0.1, 0.15) is 60.2 Å². The van der Waals surface area contributed by atoms with Crippen LogP contribution in [0.5, 0.6) is 0 Å². The van der Waals surface area contributed by atoms with Crippen LogP contribution < -0.4 is 0 Å². The van der Waals surface area contributed by atoms with Crippen molar-refractivity contribution in [1.82, 2.24) is 24.6 Å². The van der Waals surface area contributed by atoms with Crippen LogP contribution >= 0.6 is 11.6 Å². The summed E-state index contributed by atoms with van der Waals surface area (Å²) < 4.78 is 1.54. The molecule has 3 aromatic rings. The second-order valence-corrected chi connectivity index (χ2v) is 9.71. The van der Waals surface area contributed by atoms with E-state index in [1.807, 2.05) is 55.1 Å². The maximum absolute atomic E-state index is 13.3. The van der Waals surface area contributed by atoms with Gasteiger partial charge in [-0.2, -0.15) is 0 Å². The Morgan fingerprint density at radius 2 is 1.79 bits per heavy atom. The Bertz CT molecular complexity index is 1190. The van der Waals surface area contributed by atoms with E-state index >= 15 is 0 Å². The molecule has 0 spiro atoms. The van der Waals surface area contributed by atoms with E-state index in [4.69, 9.17) is 11.6 Å². The molecule has 7 nitrogen and oxygen atoms in total. The van der Waals surface area contributed by atoms with Crippen LogP contribution in [-0.2, 0) is 0 Å². The number of benzene rings is 2. The van der Waals surface area contributed by atoms with Gasteiger partial charge in [-0.05, 0) is 55.7 Å². The van der Waals surface area contributed by atoms with Crippen molar-refractivity contribution in [3.63, 3.8) is 0 Å². The molecule has 1 fully saturated rings. The quantitative estimate of drug-likeness (QED) is 0.571. The molecule has 0 aliphatic carbocycles. The number of hydrogen-bond donors (Lipinski definition) is 0. The summed E-state index contributed by atoms with van der Waals surface area (Å²) in [6.07, 6.45) is 1.51. The van der Waals surface area contributed by atoms with Gasteiger partial charge in [-0.1, -0.05) is 43.6 Å². The van der Waals surface area contributed by atoms with Crippen LogP contribution in [-0.4, -0.2) is 61.6 Å². The Kier molecular flexibility index (Phi) is 6.26. The van der Waals surface area contributed by atoms with Crippen LogP contribution in [0, 0.1) is 0 Å². The van der Waals surface area contributed by atoms with Crippen LogP contribution in [0.2, 0.25) is 5.02 Å². The Hall–Kier alpha value is -3.19. The van der Waals surface area contributed by atoms with E-state index in [2.05, 4.69) is 23.9 Å². The average Bonchev–Trinajstić information content (AvgIpc) is 3.28. The molecule has 172 valence electrons. The molecular formula is C25H28ClN5O2. The lowest BCUT2D eigenvalue weighted by molar-refractivity contribution is 0.0160. The molecule has 2 heterocycles. The first kappa shape index (κ1) is 23.0. The van der Waals surface area contributed by atoms with E-state index in [9.17, 15) is 9.59 Å². The lowest BCUT2D eigenvalue weighted by Gasteiger charge is -2.46. The number of rotatable bonds is 4. The molecular weight excluding hydrogens is 438 g/mol. The summed E-state index contributed by atoms with van der Waals surface area (Å²) in [5.41, 5.74) is 1.98. The predicted octanol–water partition coefficient (Wildman–Crippen LogP) is 4.42. The van der Waals surface area contributed by atoms with Gasteiger partial charge in [-0.15, -0.1) is 5.10 Å². The summed E-state index contributed by atoms with van der Waals surface area (Å²) in [5.74, 6) is 0.200. The van der Waals surface area contributed by atoms with E-state index in [1.54, 1.807) is 17.0 Å².